The summed E-state index contributed by atoms with van der Waals surface area (Å²) in [6.07, 6.45) is 4.44. The van der Waals surface area contributed by atoms with Crippen molar-refractivity contribution in [3.8, 4) is 0 Å². The minimum Gasteiger partial charge on any atom is -0.340 e. The molecule has 0 bridgehead atoms. The van der Waals surface area contributed by atoms with Gasteiger partial charge in [0.25, 0.3) is 5.91 Å². The maximum absolute atomic E-state index is 12.9. The first-order valence-corrected chi connectivity index (χ1v) is 9.58. The molecule has 136 valence electrons. The monoisotopic (exact) mass is 351 g/mol. The fourth-order valence-electron chi connectivity index (χ4n) is 4.17. The van der Waals surface area contributed by atoms with Crippen molar-refractivity contribution >= 4 is 22.7 Å². The third kappa shape index (κ3) is 3.30. The van der Waals surface area contributed by atoms with Crippen molar-refractivity contribution in [2.45, 2.75) is 45.1 Å². The van der Waals surface area contributed by atoms with Crippen LogP contribution >= 0.6 is 0 Å². The largest absolute Gasteiger partial charge is 0.340 e. The maximum Gasteiger partial charge on any atom is 0.272 e. The Morgan fingerprint density at radius 3 is 2.77 bits per heavy atom. The van der Waals surface area contributed by atoms with Gasteiger partial charge in [-0.15, -0.1) is 0 Å². The van der Waals surface area contributed by atoms with E-state index in [0.29, 0.717) is 18.7 Å². The van der Waals surface area contributed by atoms with Gasteiger partial charge in [0.15, 0.2) is 0 Å². The van der Waals surface area contributed by atoms with E-state index in [-0.39, 0.29) is 17.9 Å². The van der Waals surface area contributed by atoms with Gasteiger partial charge in [0, 0.05) is 37.5 Å². The Hall–Kier alpha value is -2.43. The second-order valence-corrected chi connectivity index (χ2v) is 7.46. The molecular formula is C21H25N3O2. The van der Waals surface area contributed by atoms with Gasteiger partial charge in [0.2, 0.25) is 5.91 Å². The smallest absolute Gasteiger partial charge is 0.272 e. The molecular weight excluding hydrogens is 326 g/mol. The van der Waals surface area contributed by atoms with Gasteiger partial charge in [-0.05, 0) is 50.8 Å². The quantitative estimate of drug-likeness (QED) is 0.835. The van der Waals surface area contributed by atoms with Gasteiger partial charge in [-0.3, -0.25) is 9.59 Å². The van der Waals surface area contributed by atoms with E-state index in [2.05, 4.69) is 18.0 Å². The zero-order chi connectivity index (χ0) is 18.1. The van der Waals surface area contributed by atoms with Crippen LogP contribution in [-0.4, -0.2) is 52.3 Å². The van der Waals surface area contributed by atoms with Gasteiger partial charge in [0.05, 0.1) is 5.52 Å². The molecule has 0 N–H and O–H groups in total. The topological polar surface area (TPSA) is 53.5 Å². The second kappa shape index (κ2) is 7.06. The summed E-state index contributed by atoms with van der Waals surface area (Å²) in [5.41, 5.74) is 2.56. The summed E-state index contributed by atoms with van der Waals surface area (Å²) in [5.74, 6) is 0.280. The molecule has 2 saturated heterocycles. The number of hydrogen-bond donors (Lipinski definition) is 0. The Labute approximate surface area is 154 Å². The molecule has 2 fully saturated rings. The number of aromatic nitrogens is 1. The van der Waals surface area contributed by atoms with Crippen LogP contribution in [0.5, 0.6) is 0 Å². The van der Waals surface area contributed by atoms with Crippen molar-refractivity contribution in [2.24, 2.45) is 0 Å². The van der Waals surface area contributed by atoms with E-state index in [1.165, 1.54) is 5.56 Å². The van der Waals surface area contributed by atoms with E-state index in [1.807, 2.05) is 34.1 Å². The van der Waals surface area contributed by atoms with Crippen molar-refractivity contribution < 1.29 is 9.59 Å². The van der Waals surface area contributed by atoms with E-state index in [4.69, 9.17) is 0 Å². The Kier molecular flexibility index (Phi) is 4.62. The molecule has 26 heavy (non-hydrogen) atoms. The van der Waals surface area contributed by atoms with Gasteiger partial charge in [-0.1, -0.05) is 17.7 Å². The van der Waals surface area contributed by atoms with Crippen LogP contribution in [0, 0.1) is 6.92 Å². The molecule has 3 heterocycles. The van der Waals surface area contributed by atoms with Crippen LogP contribution in [0.3, 0.4) is 0 Å². The van der Waals surface area contributed by atoms with Crippen LogP contribution in [0.1, 0.15) is 48.2 Å². The third-order valence-corrected chi connectivity index (χ3v) is 5.60. The highest BCUT2D eigenvalue weighted by Crippen LogP contribution is 2.23. The summed E-state index contributed by atoms with van der Waals surface area (Å²) in [4.78, 5) is 33.5. The molecule has 2 aliphatic heterocycles. The highest BCUT2D eigenvalue weighted by Gasteiger charge is 2.30. The molecule has 0 saturated carbocycles. The number of rotatable bonds is 2. The molecule has 5 heteroatoms. The molecule has 2 aliphatic rings. The third-order valence-electron chi connectivity index (χ3n) is 5.60. The molecule has 0 spiro atoms. The van der Waals surface area contributed by atoms with Crippen LogP contribution in [-0.2, 0) is 4.79 Å². The van der Waals surface area contributed by atoms with Gasteiger partial charge in [0.1, 0.15) is 5.69 Å². The van der Waals surface area contributed by atoms with Crippen LogP contribution in [0.4, 0.5) is 0 Å². The zero-order valence-corrected chi connectivity index (χ0v) is 15.3. The van der Waals surface area contributed by atoms with Gasteiger partial charge >= 0.3 is 0 Å². The van der Waals surface area contributed by atoms with E-state index in [1.54, 1.807) is 0 Å². The lowest BCUT2D eigenvalue weighted by atomic mass is 10.1. The minimum absolute atomic E-state index is 0.000809. The van der Waals surface area contributed by atoms with Crippen molar-refractivity contribution in [3.05, 3.63) is 41.6 Å². The number of carbonyl (C=O) groups excluding carboxylic acids is 2. The van der Waals surface area contributed by atoms with Crippen molar-refractivity contribution in [2.75, 3.05) is 19.6 Å². The molecule has 1 aromatic heterocycles. The lowest BCUT2D eigenvalue weighted by molar-refractivity contribution is -0.129. The average molecular weight is 351 g/mol. The summed E-state index contributed by atoms with van der Waals surface area (Å²) >= 11 is 0. The zero-order valence-electron chi connectivity index (χ0n) is 15.3. The second-order valence-electron chi connectivity index (χ2n) is 7.46. The molecule has 2 aromatic rings. The number of benzene rings is 1. The van der Waals surface area contributed by atoms with E-state index in [0.717, 1.165) is 49.7 Å². The summed E-state index contributed by atoms with van der Waals surface area (Å²) in [6, 6.07) is 10.2. The number of aryl methyl sites for hydroxylation is 1. The Bertz CT molecular complexity index is 848. The van der Waals surface area contributed by atoms with Crippen LogP contribution < -0.4 is 0 Å². The molecule has 1 unspecified atom stereocenters. The van der Waals surface area contributed by atoms with E-state index in [9.17, 15) is 9.59 Å². The molecule has 1 atom stereocenters. The van der Waals surface area contributed by atoms with Gasteiger partial charge in [-0.25, -0.2) is 4.98 Å². The maximum atomic E-state index is 12.9. The SMILES string of the molecule is Cc1ccc2nc(C(=O)N3CCCC(N4CCCC4=O)CC3)ccc2c1. The average Bonchev–Trinajstić information content (AvgIpc) is 2.92. The van der Waals surface area contributed by atoms with E-state index < -0.39 is 0 Å². The molecule has 1 aromatic carbocycles. The number of pyridine rings is 1. The fraction of sp³-hybridized carbons (Fsp3) is 0.476. The van der Waals surface area contributed by atoms with Crippen LogP contribution in [0.25, 0.3) is 10.9 Å². The molecule has 5 nitrogen and oxygen atoms in total. The summed E-state index contributed by atoms with van der Waals surface area (Å²) < 4.78 is 0. The van der Waals surface area contributed by atoms with Gasteiger partial charge < -0.3 is 9.80 Å². The van der Waals surface area contributed by atoms with Crippen LogP contribution in [0.15, 0.2) is 30.3 Å². The van der Waals surface area contributed by atoms with Crippen molar-refractivity contribution in [1.82, 2.24) is 14.8 Å². The standard InChI is InChI=1S/C21H25N3O2/c1-15-6-8-18-16(14-15)7-9-19(22-18)21(26)23-11-2-4-17(10-13-23)24-12-3-5-20(24)25/h6-9,14,17H,2-5,10-13H2,1H3. The number of nitrogens with zero attached hydrogens (tertiary/aromatic N) is 3. The first kappa shape index (κ1) is 17.0. The summed E-state index contributed by atoms with van der Waals surface area (Å²) in [7, 11) is 0. The highest BCUT2D eigenvalue weighted by atomic mass is 16.2. The summed E-state index contributed by atoms with van der Waals surface area (Å²) in [5, 5.41) is 1.06. The first-order valence-electron chi connectivity index (χ1n) is 9.58. The first-order chi connectivity index (χ1) is 12.6. The molecule has 4 rings (SSSR count). The van der Waals surface area contributed by atoms with Gasteiger partial charge in [-0.2, -0.15) is 0 Å². The lowest BCUT2D eigenvalue weighted by Crippen LogP contribution is -2.38. The number of amides is 2. The fourth-order valence-corrected chi connectivity index (χ4v) is 4.17. The Balaban J connectivity index is 1.48. The minimum atomic E-state index is 0.000809. The molecule has 0 aliphatic carbocycles. The normalized spacial score (nSPS) is 21.3. The lowest BCUT2D eigenvalue weighted by Gasteiger charge is -2.26. The summed E-state index contributed by atoms with van der Waals surface area (Å²) in [6.45, 7) is 4.37. The predicted molar refractivity (Wildman–Crippen MR) is 101 cm³/mol. The van der Waals surface area contributed by atoms with Crippen LogP contribution in [0.2, 0.25) is 0 Å². The van der Waals surface area contributed by atoms with Crippen molar-refractivity contribution in [1.29, 1.82) is 0 Å². The number of carbonyl (C=O) groups is 2. The number of fused-ring (bicyclic) bond motifs is 1. The Morgan fingerprint density at radius 1 is 1.08 bits per heavy atom. The van der Waals surface area contributed by atoms with Crippen molar-refractivity contribution in [3.63, 3.8) is 0 Å². The Morgan fingerprint density at radius 2 is 1.96 bits per heavy atom. The number of likely N-dealkylation sites (tertiary alicyclic amines) is 2. The number of hydrogen-bond acceptors (Lipinski definition) is 3. The predicted octanol–water partition coefficient (Wildman–Crippen LogP) is 3.16. The van der Waals surface area contributed by atoms with E-state index >= 15 is 0 Å². The molecule has 0 radical (unpaired) electrons. The highest BCUT2D eigenvalue weighted by molar-refractivity contribution is 5.95. The molecule has 2 amide bonds.